The average molecular weight is 214 g/mol. The number of anilines is 1. The lowest BCUT2D eigenvalue weighted by Crippen LogP contribution is -2.12. The highest BCUT2D eigenvalue weighted by atomic mass is 16.1. The molecule has 0 unspecified atom stereocenters. The zero-order chi connectivity index (χ0) is 11.5. The number of carbonyl (C=O) groups is 1. The molecule has 3 nitrogen and oxygen atoms in total. The maximum absolute atomic E-state index is 11.9. The second-order valence-electron chi connectivity index (χ2n) is 3.75. The minimum absolute atomic E-state index is 0.0655. The Morgan fingerprint density at radius 3 is 2.44 bits per heavy atom. The highest BCUT2D eigenvalue weighted by Gasteiger charge is 2.10. The van der Waals surface area contributed by atoms with E-state index in [2.05, 4.69) is 5.32 Å². The summed E-state index contributed by atoms with van der Waals surface area (Å²) in [6.45, 7) is 1.93. The molecule has 0 aliphatic rings. The van der Waals surface area contributed by atoms with Crippen LogP contribution in [0.2, 0.25) is 0 Å². The zero-order valence-corrected chi connectivity index (χ0v) is 9.40. The predicted octanol–water partition coefficient (Wildman–Crippen LogP) is 2.59. The number of aromatic nitrogens is 1. The van der Waals surface area contributed by atoms with Crippen molar-refractivity contribution in [2.75, 3.05) is 5.32 Å². The molecule has 0 aliphatic carbocycles. The number of hydrogen-bond donors (Lipinski definition) is 1. The number of carbonyl (C=O) groups excluding carboxylic acids is 1. The van der Waals surface area contributed by atoms with Gasteiger partial charge in [0.1, 0.15) is 0 Å². The fourth-order valence-corrected chi connectivity index (χ4v) is 1.57. The number of amides is 1. The Bertz CT molecular complexity index is 500. The van der Waals surface area contributed by atoms with Crippen LogP contribution in [0.4, 0.5) is 5.69 Å². The number of aryl methyl sites for hydroxylation is 1. The van der Waals surface area contributed by atoms with E-state index in [1.807, 2.05) is 61.1 Å². The van der Waals surface area contributed by atoms with E-state index in [0.29, 0.717) is 5.56 Å². The van der Waals surface area contributed by atoms with Crippen molar-refractivity contribution in [3.05, 3.63) is 53.9 Å². The van der Waals surface area contributed by atoms with Crippen LogP contribution in [0, 0.1) is 6.92 Å². The SMILES string of the molecule is Cc1c(C(=O)Nc2ccccc2)ccn1C. The van der Waals surface area contributed by atoms with Crippen LogP contribution in [-0.2, 0) is 7.05 Å². The number of rotatable bonds is 2. The first kappa shape index (κ1) is 10.5. The maximum Gasteiger partial charge on any atom is 0.257 e. The van der Waals surface area contributed by atoms with Gasteiger partial charge in [-0.1, -0.05) is 18.2 Å². The third-order valence-electron chi connectivity index (χ3n) is 2.66. The van der Waals surface area contributed by atoms with E-state index in [1.165, 1.54) is 0 Å². The predicted molar refractivity (Wildman–Crippen MR) is 64.5 cm³/mol. The molecule has 0 radical (unpaired) electrons. The first-order valence-electron chi connectivity index (χ1n) is 5.17. The molecule has 1 heterocycles. The topological polar surface area (TPSA) is 34.0 Å². The van der Waals surface area contributed by atoms with Crippen LogP contribution >= 0.6 is 0 Å². The summed E-state index contributed by atoms with van der Waals surface area (Å²) < 4.78 is 1.93. The number of hydrogen-bond acceptors (Lipinski definition) is 1. The van der Waals surface area contributed by atoms with E-state index in [1.54, 1.807) is 0 Å². The van der Waals surface area contributed by atoms with Gasteiger partial charge in [0.2, 0.25) is 0 Å². The molecule has 3 heteroatoms. The van der Waals surface area contributed by atoms with Gasteiger partial charge in [0.05, 0.1) is 5.56 Å². The summed E-state index contributed by atoms with van der Waals surface area (Å²) in [4.78, 5) is 11.9. The van der Waals surface area contributed by atoms with E-state index in [-0.39, 0.29) is 5.91 Å². The average Bonchev–Trinajstić information content (AvgIpc) is 2.61. The van der Waals surface area contributed by atoms with Gasteiger partial charge in [0.25, 0.3) is 5.91 Å². The van der Waals surface area contributed by atoms with E-state index >= 15 is 0 Å². The van der Waals surface area contributed by atoms with Crippen molar-refractivity contribution in [3.8, 4) is 0 Å². The van der Waals surface area contributed by atoms with E-state index in [4.69, 9.17) is 0 Å². The molecule has 1 amide bonds. The monoisotopic (exact) mass is 214 g/mol. The molecule has 1 aromatic heterocycles. The molecule has 2 rings (SSSR count). The lowest BCUT2D eigenvalue weighted by molar-refractivity contribution is 0.102. The van der Waals surface area contributed by atoms with E-state index < -0.39 is 0 Å². The second kappa shape index (κ2) is 4.23. The van der Waals surface area contributed by atoms with E-state index in [9.17, 15) is 4.79 Å². The van der Waals surface area contributed by atoms with Gasteiger partial charge in [0, 0.05) is 24.6 Å². The van der Waals surface area contributed by atoms with Crippen LogP contribution in [0.1, 0.15) is 16.1 Å². The number of benzene rings is 1. The Morgan fingerprint density at radius 2 is 1.88 bits per heavy atom. The molecular formula is C13H14N2O. The number of nitrogens with one attached hydrogen (secondary N) is 1. The van der Waals surface area contributed by atoms with Crippen LogP contribution < -0.4 is 5.32 Å². The maximum atomic E-state index is 11.9. The molecule has 0 aliphatic heterocycles. The summed E-state index contributed by atoms with van der Waals surface area (Å²) in [6, 6.07) is 11.3. The van der Waals surface area contributed by atoms with Gasteiger partial charge in [-0.3, -0.25) is 4.79 Å². The fraction of sp³-hybridized carbons (Fsp3) is 0.154. The lowest BCUT2D eigenvalue weighted by atomic mass is 10.2. The van der Waals surface area contributed by atoms with Gasteiger partial charge >= 0.3 is 0 Å². The third-order valence-corrected chi connectivity index (χ3v) is 2.66. The Morgan fingerprint density at radius 1 is 1.19 bits per heavy atom. The largest absolute Gasteiger partial charge is 0.354 e. The standard InChI is InChI=1S/C13H14N2O/c1-10-12(8-9-15(10)2)13(16)14-11-6-4-3-5-7-11/h3-9H,1-2H3,(H,14,16). The Balaban J connectivity index is 2.18. The highest BCUT2D eigenvalue weighted by molar-refractivity contribution is 6.05. The fourth-order valence-electron chi connectivity index (χ4n) is 1.57. The van der Waals surface area contributed by atoms with Crippen molar-refractivity contribution in [1.29, 1.82) is 0 Å². The van der Waals surface area contributed by atoms with Gasteiger partial charge in [-0.05, 0) is 25.1 Å². The minimum atomic E-state index is -0.0655. The molecular weight excluding hydrogens is 200 g/mol. The number of nitrogens with zero attached hydrogens (tertiary/aromatic N) is 1. The van der Waals surface area contributed by atoms with Crippen LogP contribution in [0.15, 0.2) is 42.6 Å². The third kappa shape index (κ3) is 1.98. The van der Waals surface area contributed by atoms with Gasteiger partial charge < -0.3 is 9.88 Å². The van der Waals surface area contributed by atoms with Crippen LogP contribution in [0.5, 0.6) is 0 Å². The van der Waals surface area contributed by atoms with Crippen molar-refractivity contribution < 1.29 is 4.79 Å². The molecule has 0 bridgehead atoms. The first-order valence-corrected chi connectivity index (χ1v) is 5.17. The Hall–Kier alpha value is -2.03. The lowest BCUT2D eigenvalue weighted by Gasteiger charge is -2.05. The Labute approximate surface area is 94.7 Å². The highest BCUT2D eigenvalue weighted by Crippen LogP contribution is 2.12. The van der Waals surface area contributed by atoms with Gasteiger partial charge in [-0.15, -0.1) is 0 Å². The van der Waals surface area contributed by atoms with Crippen molar-refractivity contribution in [3.63, 3.8) is 0 Å². The molecule has 0 saturated heterocycles. The Kier molecular flexibility index (Phi) is 2.77. The van der Waals surface area contributed by atoms with Crippen molar-refractivity contribution >= 4 is 11.6 Å². The molecule has 0 saturated carbocycles. The van der Waals surface area contributed by atoms with Crippen LogP contribution in [0.3, 0.4) is 0 Å². The van der Waals surface area contributed by atoms with Crippen LogP contribution in [0.25, 0.3) is 0 Å². The molecule has 2 aromatic rings. The van der Waals surface area contributed by atoms with Gasteiger partial charge in [-0.2, -0.15) is 0 Å². The molecule has 1 N–H and O–H groups in total. The number of para-hydroxylation sites is 1. The molecule has 0 fully saturated rings. The van der Waals surface area contributed by atoms with Crippen LogP contribution in [-0.4, -0.2) is 10.5 Å². The van der Waals surface area contributed by atoms with Crippen molar-refractivity contribution in [2.45, 2.75) is 6.92 Å². The molecule has 82 valence electrons. The summed E-state index contributed by atoms with van der Waals surface area (Å²) in [5.74, 6) is -0.0655. The second-order valence-corrected chi connectivity index (χ2v) is 3.75. The molecule has 0 spiro atoms. The zero-order valence-electron chi connectivity index (χ0n) is 9.40. The summed E-state index contributed by atoms with van der Waals surface area (Å²) in [7, 11) is 1.93. The van der Waals surface area contributed by atoms with Gasteiger partial charge in [-0.25, -0.2) is 0 Å². The molecule has 1 aromatic carbocycles. The smallest absolute Gasteiger partial charge is 0.257 e. The molecule has 0 atom stereocenters. The van der Waals surface area contributed by atoms with Gasteiger partial charge in [0.15, 0.2) is 0 Å². The van der Waals surface area contributed by atoms with E-state index in [0.717, 1.165) is 11.4 Å². The summed E-state index contributed by atoms with van der Waals surface area (Å²) in [5, 5.41) is 2.86. The summed E-state index contributed by atoms with van der Waals surface area (Å²) in [5.41, 5.74) is 2.50. The quantitative estimate of drug-likeness (QED) is 0.819. The first-order chi connectivity index (χ1) is 7.68. The van der Waals surface area contributed by atoms with Crippen molar-refractivity contribution in [1.82, 2.24) is 4.57 Å². The minimum Gasteiger partial charge on any atom is -0.354 e. The molecule has 16 heavy (non-hydrogen) atoms. The van der Waals surface area contributed by atoms with Crippen molar-refractivity contribution in [2.24, 2.45) is 7.05 Å². The summed E-state index contributed by atoms with van der Waals surface area (Å²) >= 11 is 0. The normalized spacial score (nSPS) is 10.1. The summed E-state index contributed by atoms with van der Waals surface area (Å²) in [6.07, 6.45) is 1.88.